The molecule has 2 aliphatic heterocycles. The molecule has 1 atom stereocenters. The molecule has 2 saturated heterocycles. The Morgan fingerprint density at radius 3 is 2.30 bits per heavy atom. The number of carbonyl (C=O) groups excluding carboxylic acids is 4. The molecular formula is C25H26FN3O4. The molecule has 0 unspecified atom stereocenters. The monoisotopic (exact) mass is 451 g/mol. The number of rotatable bonds is 5. The number of hydrogen-bond acceptors (Lipinski definition) is 4. The normalized spacial score (nSPS) is 21.2. The summed E-state index contributed by atoms with van der Waals surface area (Å²) in [5.41, 5.74) is 0.571. The number of aryl methyl sites for hydroxylation is 1. The fourth-order valence-electron chi connectivity index (χ4n) is 4.55. The number of amides is 4. The molecule has 0 N–H and O–H groups in total. The summed E-state index contributed by atoms with van der Waals surface area (Å²) < 4.78 is 14.7. The molecule has 0 aromatic heterocycles. The Morgan fingerprint density at radius 1 is 1.00 bits per heavy atom. The topological polar surface area (TPSA) is 78.0 Å². The van der Waals surface area contributed by atoms with Crippen molar-refractivity contribution in [3.8, 4) is 0 Å². The van der Waals surface area contributed by atoms with Gasteiger partial charge in [0.25, 0.3) is 0 Å². The minimum atomic E-state index is -1.60. The number of hydrogen-bond donors (Lipinski definition) is 0. The van der Waals surface area contributed by atoms with Gasteiger partial charge >= 0.3 is 0 Å². The van der Waals surface area contributed by atoms with Crippen molar-refractivity contribution in [2.24, 2.45) is 0 Å². The fourth-order valence-corrected chi connectivity index (χ4v) is 4.55. The van der Waals surface area contributed by atoms with Crippen molar-refractivity contribution in [2.75, 3.05) is 26.7 Å². The van der Waals surface area contributed by atoms with E-state index in [1.165, 1.54) is 30.1 Å². The van der Waals surface area contributed by atoms with Gasteiger partial charge in [-0.05, 0) is 18.6 Å². The highest BCUT2D eigenvalue weighted by Crippen LogP contribution is 2.41. The summed E-state index contributed by atoms with van der Waals surface area (Å²) in [5, 5.41) is 0. The summed E-state index contributed by atoms with van der Waals surface area (Å²) in [4.78, 5) is 55.3. The lowest BCUT2D eigenvalue weighted by molar-refractivity contribution is -0.147. The molecule has 2 aliphatic rings. The van der Waals surface area contributed by atoms with Crippen molar-refractivity contribution >= 4 is 23.6 Å². The average molecular weight is 451 g/mol. The lowest BCUT2D eigenvalue weighted by Gasteiger charge is -2.36. The van der Waals surface area contributed by atoms with E-state index in [9.17, 15) is 23.6 Å². The Kier molecular flexibility index (Phi) is 6.01. The van der Waals surface area contributed by atoms with Gasteiger partial charge < -0.3 is 9.80 Å². The van der Waals surface area contributed by atoms with Gasteiger partial charge in [-0.3, -0.25) is 24.1 Å². The Labute approximate surface area is 191 Å². The van der Waals surface area contributed by atoms with E-state index in [4.69, 9.17) is 0 Å². The zero-order valence-corrected chi connectivity index (χ0v) is 18.7. The summed E-state index contributed by atoms with van der Waals surface area (Å²) in [6.07, 6.45) is -0.648. The zero-order valence-electron chi connectivity index (χ0n) is 18.7. The summed E-state index contributed by atoms with van der Waals surface area (Å²) in [6, 6.07) is 13.6. The first-order chi connectivity index (χ1) is 15.7. The van der Waals surface area contributed by atoms with Gasteiger partial charge in [0.15, 0.2) is 0 Å². The van der Waals surface area contributed by atoms with E-state index in [0.29, 0.717) is 19.6 Å². The molecule has 4 amide bonds. The maximum Gasteiger partial charge on any atom is 0.242 e. The van der Waals surface area contributed by atoms with Crippen molar-refractivity contribution in [2.45, 2.75) is 31.7 Å². The molecule has 7 nitrogen and oxygen atoms in total. The number of likely N-dealkylation sites (tertiary alicyclic amines) is 1. The second kappa shape index (κ2) is 8.77. The first-order valence-corrected chi connectivity index (χ1v) is 10.9. The highest BCUT2D eigenvalue weighted by Gasteiger charge is 2.54. The van der Waals surface area contributed by atoms with Crippen LogP contribution in [0.3, 0.4) is 0 Å². The van der Waals surface area contributed by atoms with E-state index in [-0.39, 0.29) is 30.9 Å². The summed E-state index contributed by atoms with van der Waals surface area (Å²) >= 11 is 0. The summed E-state index contributed by atoms with van der Waals surface area (Å²) in [6.45, 7) is 3.00. The van der Waals surface area contributed by atoms with Gasteiger partial charge in [-0.1, -0.05) is 48.0 Å². The van der Waals surface area contributed by atoms with E-state index in [1.807, 2.05) is 31.2 Å². The molecule has 0 bridgehead atoms. The molecule has 2 aromatic rings. The molecule has 2 heterocycles. The van der Waals surface area contributed by atoms with Gasteiger partial charge in [0.1, 0.15) is 5.82 Å². The number of likely N-dealkylation sites (N-methyl/N-ethyl adjacent to an activating group) is 1. The molecule has 0 saturated carbocycles. The quantitative estimate of drug-likeness (QED) is 0.652. The molecule has 0 radical (unpaired) electrons. The van der Waals surface area contributed by atoms with Crippen molar-refractivity contribution in [1.29, 1.82) is 0 Å². The van der Waals surface area contributed by atoms with Gasteiger partial charge in [0, 0.05) is 45.1 Å². The zero-order chi connectivity index (χ0) is 23.8. The molecule has 172 valence electrons. The van der Waals surface area contributed by atoms with Crippen molar-refractivity contribution in [1.82, 2.24) is 14.7 Å². The highest BCUT2D eigenvalue weighted by molar-refractivity contribution is 6.10. The van der Waals surface area contributed by atoms with Crippen LogP contribution in [0.5, 0.6) is 0 Å². The molecule has 2 aromatic carbocycles. The van der Waals surface area contributed by atoms with Crippen LogP contribution in [0.15, 0.2) is 48.5 Å². The molecule has 8 heteroatoms. The number of imide groups is 1. The lowest BCUT2D eigenvalue weighted by Crippen LogP contribution is -2.53. The number of carbonyl (C=O) groups is 4. The maximum atomic E-state index is 14.7. The first kappa shape index (κ1) is 22.6. The number of benzene rings is 2. The molecule has 33 heavy (non-hydrogen) atoms. The molecule has 0 aliphatic carbocycles. The SMILES string of the molecule is Cc1ccc(CN2CCN(C(=O)C[C@]3(c4ccccc4F)CC(=O)N(C)C3=O)CC2=O)cc1. The predicted octanol–water partition coefficient (Wildman–Crippen LogP) is 2.02. The third-order valence-corrected chi connectivity index (χ3v) is 6.55. The minimum absolute atomic E-state index is 0.0328. The van der Waals surface area contributed by atoms with Crippen LogP contribution < -0.4 is 0 Å². The van der Waals surface area contributed by atoms with Crippen LogP contribution in [-0.4, -0.2) is 65.0 Å². The van der Waals surface area contributed by atoms with Gasteiger partial charge in [0.2, 0.25) is 23.6 Å². The second-order valence-electron chi connectivity index (χ2n) is 8.79. The third kappa shape index (κ3) is 4.25. The van der Waals surface area contributed by atoms with E-state index >= 15 is 0 Å². The summed E-state index contributed by atoms with van der Waals surface area (Å²) in [7, 11) is 1.34. The van der Waals surface area contributed by atoms with E-state index in [1.54, 1.807) is 11.0 Å². The Balaban J connectivity index is 1.50. The third-order valence-electron chi connectivity index (χ3n) is 6.55. The van der Waals surface area contributed by atoms with Crippen LogP contribution in [0, 0.1) is 12.7 Å². The minimum Gasteiger partial charge on any atom is -0.335 e. The van der Waals surface area contributed by atoms with Crippen molar-refractivity contribution in [3.05, 3.63) is 71.0 Å². The average Bonchev–Trinajstić information content (AvgIpc) is 3.01. The smallest absolute Gasteiger partial charge is 0.242 e. The Morgan fingerprint density at radius 2 is 1.70 bits per heavy atom. The van der Waals surface area contributed by atoms with Crippen molar-refractivity contribution < 1.29 is 23.6 Å². The van der Waals surface area contributed by atoms with Crippen LogP contribution in [0.2, 0.25) is 0 Å². The van der Waals surface area contributed by atoms with Crippen LogP contribution >= 0.6 is 0 Å². The largest absolute Gasteiger partial charge is 0.335 e. The van der Waals surface area contributed by atoms with E-state index < -0.39 is 29.0 Å². The fraction of sp³-hybridized carbons (Fsp3) is 0.360. The van der Waals surface area contributed by atoms with Crippen LogP contribution in [-0.2, 0) is 31.1 Å². The lowest BCUT2D eigenvalue weighted by atomic mass is 9.75. The van der Waals surface area contributed by atoms with Crippen LogP contribution in [0.4, 0.5) is 4.39 Å². The molecule has 0 spiro atoms. The number of nitrogens with zero attached hydrogens (tertiary/aromatic N) is 3. The number of piperazine rings is 1. The Hall–Kier alpha value is -3.55. The molecular weight excluding hydrogens is 425 g/mol. The predicted molar refractivity (Wildman–Crippen MR) is 118 cm³/mol. The standard InChI is InChI=1S/C25H26FN3O4/c1-17-7-9-18(10-8-17)15-28-11-12-29(16-23(28)32)22(31)14-25(13-21(30)27(2)24(25)33)19-5-3-4-6-20(19)26/h3-10H,11-16H2,1-2H3/t25-/m0/s1. The van der Waals surface area contributed by atoms with Gasteiger partial charge in [0.05, 0.1) is 12.0 Å². The van der Waals surface area contributed by atoms with E-state index in [2.05, 4.69) is 0 Å². The summed E-state index contributed by atoms with van der Waals surface area (Å²) in [5.74, 6) is -2.34. The highest BCUT2D eigenvalue weighted by atomic mass is 19.1. The van der Waals surface area contributed by atoms with E-state index in [0.717, 1.165) is 16.0 Å². The Bertz CT molecular complexity index is 1120. The van der Waals surface area contributed by atoms with Crippen molar-refractivity contribution in [3.63, 3.8) is 0 Å². The molecule has 2 fully saturated rings. The maximum absolute atomic E-state index is 14.7. The van der Waals surface area contributed by atoms with Gasteiger partial charge in [-0.2, -0.15) is 0 Å². The van der Waals surface area contributed by atoms with Crippen LogP contribution in [0.25, 0.3) is 0 Å². The second-order valence-corrected chi connectivity index (χ2v) is 8.79. The van der Waals surface area contributed by atoms with Crippen LogP contribution in [0.1, 0.15) is 29.5 Å². The number of halogens is 1. The first-order valence-electron chi connectivity index (χ1n) is 10.9. The van der Waals surface area contributed by atoms with Gasteiger partial charge in [-0.25, -0.2) is 4.39 Å². The van der Waals surface area contributed by atoms with Gasteiger partial charge in [-0.15, -0.1) is 0 Å². The molecule has 4 rings (SSSR count).